The van der Waals surface area contributed by atoms with Gasteiger partial charge in [-0.1, -0.05) is 24.3 Å². The first kappa shape index (κ1) is 30.3. The maximum absolute atomic E-state index is 13.6. The maximum atomic E-state index is 13.6. The van der Waals surface area contributed by atoms with E-state index in [1.54, 1.807) is 30.4 Å². The van der Waals surface area contributed by atoms with Crippen molar-refractivity contribution >= 4 is 28.8 Å². The summed E-state index contributed by atoms with van der Waals surface area (Å²) in [7, 11) is 1.62. The number of hydrogen-bond donors (Lipinski definition) is 2. The number of nitrogens with one attached hydrogen (secondary N) is 1. The number of aliphatic hydroxyl groups excluding tert-OH is 1. The van der Waals surface area contributed by atoms with Crippen molar-refractivity contribution in [2.24, 2.45) is 0 Å². The van der Waals surface area contributed by atoms with Gasteiger partial charge in [0.2, 0.25) is 11.8 Å². The molecule has 3 amide bonds. The highest BCUT2D eigenvalue weighted by atomic mass is 16.5. The predicted molar refractivity (Wildman–Crippen MR) is 167 cm³/mol. The minimum absolute atomic E-state index is 0.00637. The normalized spacial score (nSPS) is 19.7. The number of fused-ring (bicyclic) bond motifs is 6. The van der Waals surface area contributed by atoms with Crippen LogP contribution >= 0.6 is 0 Å². The number of aliphatic hydroxyl groups is 1. The summed E-state index contributed by atoms with van der Waals surface area (Å²) in [6.07, 6.45) is 2.59. The average Bonchev–Trinajstić information content (AvgIpc) is 3.44. The van der Waals surface area contributed by atoms with E-state index in [4.69, 9.17) is 9.47 Å². The molecule has 2 N–H and O–H groups in total. The van der Waals surface area contributed by atoms with E-state index in [2.05, 4.69) is 10.3 Å². The molecule has 2 aliphatic rings. The first-order valence-electron chi connectivity index (χ1n) is 15.2. The quantitative estimate of drug-likeness (QED) is 0.365. The molecule has 1 aromatic heterocycles. The molecule has 234 valence electrons. The van der Waals surface area contributed by atoms with Gasteiger partial charge in [0.1, 0.15) is 11.5 Å². The van der Waals surface area contributed by atoms with E-state index in [-0.39, 0.29) is 49.9 Å². The largest absolute Gasteiger partial charge is 0.457 e. The molecule has 1 fully saturated rings. The van der Waals surface area contributed by atoms with Gasteiger partial charge in [-0.3, -0.25) is 14.4 Å². The van der Waals surface area contributed by atoms with E-state index >= 15 is 0 Å². The molecule has 4 bridgehead atoms. The molecule has 11 nitrogen and oxygen atoms in total. The third-order valence-electron chi connectivity index (χ3n) is 8.32. The molecule has 0 aliphatic carbocycles. The fourth-order valence-electron chi connectivity index (χ4n) is 5.92. The lowest BCUT2D eigenvalue weighted by atomic mass is 10.00. The number of hydrogen-bond acceptors (Lipinski definition) is 7. The number of carbonyl (C=O) groups is 3. The number of nitrogens with zero attached hydrogens (tertiary/aromatic N) is 4. The van der Waals surface area contributed by atoms with Crippen LogP contribution < -0.4 is 10.1 Å². The lowest BCUT2D eigenvalue weighted by Gasteiger charge is -2.39. The lowest BCUT2D eigenvalue weighted by molar-refractivity contribution is -0.135. The summed E-state index contributed by atoms with van der Waals surface area (Å²) in [4.78, 5) is 47.3. The van der Waals surface area contributed by atoms with Gasteiger partial charge in [-0.05, 0) is 66.4 Å². The van der Waals surface area contributed by atoms with Crippen molar-refractivity contribution in [2.45, 2.75) is 44.6 Å². The number of ether oxygens (including phenoxy) is 2. The summed E-state index contributed by atoms with van der Waals surface area (Å²) in [5, 5.41) is 12.4. The molecule has 0 radical (unpaired) electrons. The number of imidazole rings is 1. The Balaban J connectivity index is 1.21. The molecule has 0 saturated carbocycles. The molecule has 4 aromatic rings. The second kappa shape index (κ2) is 13.5. The Kier molecular flexibility index (Phi) is 9.08. The zero-order valence-electron chi connectivity index (χ0n) is 25.2. The van der Waals surface area contributed by atoms with E-state index in [0.29, 0.717) is 55.1 Å². The van der Waals surface area contributed by atoms with E-state index in [1.165, 1.54) is 4.90 Å². The van der Waals surface area contributed by atoms with Gasteiger partial charge >= 0.3 is 0 Å². The molecule has 1 saturated heterocycles. The van der Waals surface area contributed by atoms with E-state index < -0.39 is 6.04 Å². The maximum Gasteiger partial charge on any atom is 0.254 e. The molecule has 0 spiro atoms. The van der Waals surface area contributed by atoms with Crippen molar-refractivity contribution < 1.29 is 29.0 Å². The molecule has 2 atom stereocenters. The van der Waals surface area contributed by atoms with Gasteiger partial charge < -0.3 is 34.3 Å². The van der Waals surface area contributed by atoms with E-state index in [1.807, 2.05) is 59.2 Å². The topological polar surface area (TPSA) is 126 Å². The van der Waals surface area contributed by atoms with E-state index in [0.717, 1.165) is 16.6 Å². The number of carbonyl (C=O) groups excluding carboxylic acids is 3. The summed E-state index contributed by atoms with van der Waals surface area (Å²) in [6.45, 7) is 1.31. The summed E-state index contributed by atoms with van der Waals surface area (Å²) in [6, 6.07) is 20.2. The number of likely N-dealkylation sites (N-methyl/N-ethyl adjacent to an activating group) is 1. The van der Waals surface area contributed by atoms with Crippen LogP contribution in [0.2, 0.25) is 0 Å². The Morgan fingerprint density at radius 2 is 1.80 bits per heavy atom. The van der Waals surface area contributed by atoms with Gasteiger partial charge in [-0.25, -0.2) is 4.98 Å². The van der Waals surface area contributed by atoms with Crippen LogP contribution in [0.5, 0.6) is 11.5 Å². The number of piperidine rings is 1. The molecule has 0 unspecified atom stereocenters. The molecule has 3 heterocycles. The Labute approximate surface area is 261 Å². The van der Waals surface area contributed by atoms with E-state index in [9.17, 15) is 19.5 Å². The molecule has 2 aliphatic heterocycles. The third-order valence-corrected chi connectivity index (χ3v) is 8.32. The number of aromatic nitrogens is 2. The fraction of sp³-hybridized carbons (Fsp3) is 0.353. The van der Waals surface area contributed by atoms with Crippen LogP contribution in [-0.2, 0) is 33.9 Å². The zero-order chi connectivity index (χ0) is 31.3. The van der Waals surface area contributed by atoms with Gasteiger partial charge in [0.15, 0.2) is 0 Å². The van der Waals surface area contributed by atoms with Gasteiger partial charge in [0.05, 0.1) is 49.3 Å². The first-order chi connectivity index (χ1) is 21.9. The molecule has 11 heteroatoms. The molecule has 3 aromatic carbocycles. The lowest BCUT2D eigenvalue weighted by Crippen LogP contribution is -2.58. The summed E-state index contributed by atoms with van der Waals surface area (Å²) >= 11 is 0. The number of aryl methyl sites for hydroxylation is 1. The van der Waals surface area contributed by atoms with Gasteiger partial charge in [-0.2, -0.15) is 0 Å². The van der Waals surface area contributed by atoms with Crippen LogP contribution in [0.1, 0.15) is 34.3 Å². The van der Waals surface area contributed by atoms with Crippen LogP contribution in [0.25, 0.3) is 11.0 Å². The second-order valence-electron chi connectivity index (χ2n) is 11.6. The van der Waals surface area contributed by atoms with Crippen molar-refractivity contribution in [1.29, 1.82) is 0 Å². The highest BCUT2D eigenvalue weighted by Gasteiger charge is 2.34. The minimum atomic E-state index is -0.482. The monoisotopic (exact) mass is 611 g/mol. The van der Waals surface area contributed by atoms with Crippen LogP contribution in [-0.4, -0.2) is 87.6 Å². The van der Waals surface area contributed by atoms with Crippen molar-refractivity contribution in [3.05, 3.63) is 89.7 Å². The first-order valence-corrected chi connectivity index (χ1v) is 15.2. The predicted octanol–water partition coefficient (Wildman–Crippen LogP) is 3.14. The highest BCUT2D eigenvalue weighted by Crippen LogP contribution is 2.26. The standard InChI is InChI=1S/C34H37N5O6/c1-37-20-32(41)36-29-19-38(34(43)25-9-10-30-28(18-25)35-22-39(30)14-15-40)13-12-31(29)44-21-24-5-3-7-27(17-24)45-26-6-2-4-23(16-26)8-11-33(37)42/h2-7,9-10,16-18,22,29,31,40H,8,11-15,19-21H2,1H3,(H,36,41)/t29-,31+/m0/s1. The summed E-state index contributed by atoms with van der Waals surface area (Å²) in [5.41, 5.74) is 3.89. The Hall–Kier alpha value is -4.74. The minimum Gasteiger partial charge on any atom is -0.457 e. The third kappa shape index (κ3) is 7.16. The number of amides is 3. The van der Waals surface area contributed by atoms with Crippen molar-refractivity contribution in [1.82, 2.24) is 24.7 Å². The fourth-order valence-corrected chi connectivity index (χ4v) is 5.92. The smallest absolute Gasteiger partial charge is 0.254 e. The molecular weight excluding hydrogens is 574 g/mol. The van der Waals surface area contributed by atoms with Crippen molar-refractivity contribution in [3.8, 4) is 11.5 Å². The molecular formula is C34H37N5O6. The average molecular weight is 612 g/mol. The Morgan fingerprint density at radius 3 is 2.60 bits per heavy atom. The molecule has 6 rings (SSSR count). The number of likely N-dealkylation sites (tertiary alicyclic amines) is 1. The van der Waals surface area contributed by atoms with Gasteiger partial charge in [0, 0.05) is 38.7 Å². The zero-order valence-corrected chi connectivity index (χ0v) is 25.2. The number of rotatable bonds is 3. The van der Waals surface area contributed by atoms with Gasteiger partial charge in [-0.15, -0.1) is 0 Å². The van der Waals surface area contributed by atoms with Crippen LogP contribution in [0.4, 0.5) is 0 Å². The SMILES string of the molecule is CN1CC(=O)N[C@H]2CN(C(=O)c3ccc4c(c3)ncn4CCO)CC[C@H]2OCc2cccc(c2)Oc2cccc(c2)CCC1=O. The van der Waals surface area contributed by atoms with Crippen molar-refractivity contribution in [3.63, 3.8) is 0 Å². The second-order valence-corrected chi connectivity index (χ2v) is 11.6. The highest BCUT2D eigenvalue weighted by molar-refractivity contribution is 5.97. The summed E-state index contributed by atoms with van der Waals surface area (Å²) < 4.78 is 14.3. The number of benzene rings is 3. The Bertz CT molecular complexity index is 1700. The van der Waals surface area contributed by atoms with Crippen LogP contribution in [0.15, 0.2) is 73.1 Å². The van der Waals surface area contributed by atoms with Crippen LogP contribution in [0, 0.1) is 0 Å². The van der Waals surface area contributed by atoms with Crippen LogP contribution in [0.3, 0.4) is 0 Å². The molecule has 45 heavy (non-hydrogen) atoms. The van der Waals surface area contributed by atoms with Gasteiger partial charge in [0.25, 0.3) is 5.91 Å². The Morgan fingerprint density at radius 1 is 1.02 bits per heavy atom. The van der Waals surface area contributed by atoms with Crippen molar-refractivity contribution in [2.75, 3.05) is 33.3 Å². The summed E-state index contributed by atoms with van der Waals surface area (Å²) in [5.74, 6) is 0.736.